The van der Waals surface area contributed by atoms with Crippen molar-refractivity contribution in [2.45, 2.75) is 19.1 Å². The van der Waals surface area contributed by atoms with Crippen molar-refractivity contribution in [3.05, 3.63) is 17.2 Å². The van der Waals surface area contributed by atoms with Crippen LogP contribution in [0.5, 0.6) is 5.75 Å². The minimum absolute atomic E-state index is 0.311. The summed E-state index contributed by atoms with van der Waals surface area (Å²) in [6.45, 7) is 0.922. The van der Waals surface area contributed by atoms with Crippen LogP contribution in [-0.4, -0.2) is 22.8 Å². The van der Waals surface area contributed by atoms with E-state index in [2.05, 4.69) is 10.2 Å². The molecule has 3 radical (unpaired) electrons. The normalized spacial score (nSPS) is 14.4. The number of hydrogen-bond donors (Lipinski definition) is 0. The number of esters is 1. The summed E-state index contributed by atoms with van der Waals surface area (Å²) in [6.07, 6.45) is 0.910. The largest absolute Gasteiger partial charge is 0.490 e. The second kappa shape index (κ2) is 3.52. The van der Waals surface area contributed by atoms with Crippen LogP contribution in [0, 0.1) is 0 Å². The van der Waals surface area contributed by atoms with Crippen LogP contribution in [0.4, 0.5) is 0 Å². The number of fused-ring (bicyclic) bond motifs is 5. The number of carbonyl (C=O) groups is 1. The molecule has 0 saturated carbocycles. The van der Waals surface area contributed by atoms with Crippen LogP contribution in [0.25, 0.3) is 11.2 Å². The number of cyclic esters (lactones) is 1. The third-order valence-electron chi connectivity index (χ3n) is 2.65. The van der Waals surface area contributed by atoms with Crippen molar-refractivity contribution in [2.75, 3.05) is 6.61 Å². The Hall–Kier alpha value is -1.49. The first-order chi connectivity index (χ1) is 7.81. The summed E-state index contributed by atoms with van der Waals surface area (Å²) >= 11 is 0. The van der Waals surface area contributed by atoms with Gasteiger partial charge in [-0.1, -0.05) is 6.04 Å². The molecule has 0 aliphatic carbocycles. The summed E-state index contributed by atoms with van der Waals surface area (Å²) in [5.74, 6) is 0.335. The smallest absolute Gasteiger partial charge is 0.342 e. The quantitative estimate of drug-likeness (QED) is 0.459. The van der Waals surface area contributed by atoms with E-state index in [1.807, 2.05) is 6.07 Å². The van der Waals surface area contributed by atoms with Crippen LogP contribution < -0.4 is 4.74 Å². The van der Waals surface area contributed by atoms with Gasteiger partial charge in [-0.15, -0.1) is 0 Å². The van der Waals surface area contributed by atoms with Crippen LogP contribution in [0.1, 0.15) is 22.3 Å². The summed E-state index contributed by atoms with van der Waals surface area (Å²) < 4.78 is 16.0. The molecule has 2 bridgehead atoms. The molecular formula is C11H9O4Si. The highest BCUT2D eigenvalue weighted by Crippen LogP contribution is 2.41. The Morgan fingerprint density at radius 3 is 3.19 bits per heavy atom. The van der Waals surface area contributed by atoms with E-state index in [-0.39, 0.29) is 5.97 Å². The fraction of sp³-hybridized carbons (Fsp3) is 0.364. The van der Waals surface area contributed by atoms with E-state index in [1.54, 1.807) is 0 Å². The van der Waals surface area contributed by atoms with Gasteiger partial charge in [0.25, 0.3) is 0 Å². The first-order valence-electron chi connectivity index (χ1n) is 5.13. The summed E-state index contributed by atoms with van der Waals surface area (Å²) in [5, 5.41) is 0. The zero-order chi connectivity index (χ0) is 11.1. The monoisotopic (exact) mass is 233 g/mol. The standard InChI is InChI=1S/C11H9O4Si/c12-11-9-6(5-14-11)7-4-8(10(9)15-7)13-2-1-3-16/h4H,1-3,5H2. The van der Waals surface area contributed by atoms with Crippen molar-refractivity contribution < 1.29 is 18.7 Å². The lowest BCUT2D eigenvalue weighted by molar-refractivity contribution is 0.0534. The average Bonchev–Trinajstić information content (AvgIpc) is 2.91. The molecule has 2 aromatic heterocycles. The average molecular weight is 233 g/mol. The molecule has 0 amide bonds. The number of carbonyl (C=O) groups excluding carboxylic acids is 1. The molecule has 3 rings (SSSR count). The van der Waals surface area contributed by atoms with E-state index in [4.69, 9.17) is 13.9 Å². The van der Waals surface area contributed by atoms with Gasteiger partial charge in [-0.3, -0.25) is 0 Å². The zero-order valence-corrected chi connectivity index (χ0v) is 9.54. The van der Waals surface area contributed by atoms with Crippen LogP contribution in [0.3, 0.4) is 0 Å². The Balaban J connectivity index is 1.92. The number of furan rings is 2. The van der Waals surface area contributed by atoms with E-state index in [9.17, 15) is 4.79 Å². The van der Waals surface area contributed by atoms with Gasteiger partial charge in [-0.2, -0.15) is 0 Å². The molecule has 4 nitrogen and oxygen atoms in total. The minimum atomic E-state index is -0.311. The van der Waals surface area contributed by atoms with Gasteiger partial charge in [-0.05, 0) is 6.42 Å². The lowest BCUT2D eigenvalue weighted by Crippen LogP contribution is -1.98. The zero-order valence-electron chi connectivity index (χ0n) is 8.54. The van der Waals surface area contributed by atoms with Crippen molar-refractivity contribution in [1.29, 1.82) is 0 Å². The molecule has 0 atom stereocenters. The predicted molar refractivity (Wildman–Crippen MR) is 57.2 cm³/mol. The molecule has 0 saturated heterocycles. The van der Waals surface area contributed by atoms with E-state index >= 15 is 0 Å². The number of ether oxygens (including phenoxy) is 2. The van der Waals surface area contributed by atoms with E-state index in [0.717, 1.165) is 18.0 Å². The van der Waals surface area contributed by atoms with Crippen LogP contribution in [-0.2, 0) is 11.3 Å². The molecule has 0 spiro atoms. The van der Waals surface area contributed by atoms with E-state index in [0.29, 0.717) is 35.7 Å². The molecule has 2 aromatic rings. The minimum Gasteiger partial charge on any atom is -0.490 e. The second-order valence-corrected chi connectivity index (χ2v) is 4.19. The third-order valence-corrected chi connectivity index (χ3v) is 3.01. The maximum Gasteiger partial charge on any atom is 0.342 e. The van der Waals surface area contributed by atoms with Gasteiger partial charge in [0, 0.05) is 16.3 Å². The molecule has 1 aliphatic rings. The Labute approximate surface area is 95.3 Å². The summed E-state index contributed by atoms with van der Waals surface area (Å²) in [4.78, 5) is 11.4. The van der Waals surface area contributed by atoms with Gasteiger partial charge in [0.2, 0.25) is 0 Å². The molecule has 16 heavy (non-hydrogen) atoms. The Morgan fingerprint density at radius 1 is 1.50 bits per heavy atom. The van der Waals surface area contributed by atoms with Gasteiger partial charge in [0.05, 0.1) is 12.2 Å². The SMILES string of the molecule is O=C1OCc2c1c1oc2cc1OCCC[Si]. The van der Waals surface area contributed by atoms with Crippen LogP contribution in [0.15, 0.2) is 10.5 Å². The highest BCUT2D eigenvalue weighted by Gasteiger charge is 2.33. The third kappa shape index (κ3) is 1.24. The molecule has 0 aromatic carbocycles. The Morgan fingerprint density at radius 2 is 2.38 bits per heavy atom. The lowest BCUT2D eigenvalue weighted by Gasteiger charge is -2.02. The number of hydrogen-bond acceptors (Lipinski definition) is 4. The Bertz CT molecular complexity index is 531. The highest BCUT2D eigenvalue weighted by molar-refractivity contribution is 6.08. The summed E-state index contributed by atoms with van der Waals surface area (Å²) in [5.41, 5.74) is 2.63. The van der Waals surface area contributed by atoms with Gasteiger partial charge in [-0.25, -0.2) is 4.79 Å². The lowest BCUT2D eigenvalue weighted by atomic mass is 10.1. The van der Waals surface area contributed by atoms with Gasteiger partial charge >= 0.3 is 5.97 Å². The van der Waals surface area contributed by atoms with Crippen molar-refractivity contribution in [1.82, 2.24) is 0 Å². The van der Waals surface area contributed by atoms with Gasteiger partial charge in [0.15, 0.2) is 11.3 Å². The van der Waals surface area contributed by atoms with Gasteiger partial charge in [0.1, 0.15) is 17.8 Å². The van der Waals surface area contributed by atoms with Crippen molar-refractivity contribution in [3.8, 4) is 5.75 Å². The topological polar surface area (TPSA) is 48.7 Å². The van der Waals surface area contributed by atoms with Gasteiger partial charge < -0.3 is 13.9 Å². The first-order valence-corrected chi connectivity index (χ1v) is 5.84. The highest BCUT2D eigenvalue weighted by atomic mass is 28.1. The molecule has 81 valence electrons. The molecule has 0 N–H and O–H groups in total. The summed E-state index contributed by atoms with van der Waals surface area (Å²) in [6, 6.07) is 2.71. The first kappa shape index (κ1) is 9.71. The van der Waals surface area contributed by atoms with Crippen LogP contribution in [0.2, 0.25) is 6.04 Å². The molecule has 1 aliphatic heterocycles. The molecule has 0 unspecified atom stereocenters. The fourth-order valence-electron chi connectivity index (χ4n) is 1.89. The molecule has 3 heterocycles. The molecule has 0 fully saturated rings. The summed E-state index contributed by atoms with van der Waals surface area (Å²) in [7, 11) is 3.37. The molecule has 5 heteroatoms. The maximum atomic E-state index is 11.4. The molecular weight excluding hydrogens is 224 g/mol. The van der Waals surface area contributed by atoms with E-state index < -0.39 is 0 Å². The second-order valence-electron chi connectivity index (χ2n) is 3.69. The predicted octanol–water partition coefficient (Wildman–Crippen LogP) is 1.90. The van der Waals surface area contributed by atoms with E-state index in [1.165, 1.54) is 0 Å². The number of benzene rings is 1. The van der Waals surface area contributed by atoms with Crippen LogP contribution >= 0.6 is 0 Å². The Kier molecular flexibility index (Phi) is 2.14. The van der Waals surface area contributed by atoms with Crippen molar-refractivity contribution >= 4 is 27.4 Å². The fourth-order valence-corrected chi connectivity index (χ4v) is 2.03. The number of rotatable bonds is 4. The maximum absolute atomic E-state index is 11.4. The van der Waals surface area contributed by atoms with Crippen molar-refractivity contribution in [3.63, 3.8) is 0 Å². The van der Waals surface area contributed by atoms with Crippen molar-refractivity contribution in [2.24, 2.45) is 0 Å².